The molecule has 0 fully saturated rings. The van der Waals surface area contributed by atoms with Gasteiger partial charge in [-0.3, -0.25) is 0 Å². The highest BCUT2D eigenvalue weighted by Crippen LogP contribution is 2.20. The zero-order chi connectivity index (χ0) is 12.8. The molecular weight excluding hydrogens is 234 g/mol. The molecule has 1 rings (SSSR count). The number of nitrogen functional groups attached to an aromatic ring is 1. The van der Waals surface area contributed by atoms with E-state index < -0.39 is 0 Å². The van der Waals surface area contributed by atoms with E-state index in [1.165, 1.54) is 0 Å². The van der Waals surface area contributed by atoms with E-state index in [0.29, 0.717) is 5.69 Å². The first-order valence-electron chi connectivity index (χ1n) is 5.86. The average Bonchev–Trinajstić information content (AvgIpc) is 2.21. The van der Waals surface area contributed by atoms with Crippen LogP contribution in [0.5, 0.6) is 0 Å². The van der Waals surface area contributed by atoms with Crippen molar-refractivity contribution >= 4 is 17.3 Å². The van der Waals surface area contributed by atoms with Crippen molar-refractivity contribution in [3.8, 4) is 0 Å². The molecule has 4 heteroatoms. The van der Waals surface area contributed by atoms with E-state index in [1.807, 2.05) is 18.2 Å². The SMILES string of the molecule is CN(C)CCCN(C)Cc1ccc(N)cc1Cl. The molecule has 2 N–H and O–H groups in total. The summed E-state index contributed by atoms with van der Waals surface area (Å²) in [6, 6.07) is 5.71. The van der Waals surface area contributed by atoms with Gasteiger partial charge < -0.3 is 15.5 Å². The van der Waals surface area contributed by atoms with Gasteiger partial charge in [0.25, 0.3) is 0 Å². The van der Waals surface area contributed by atoms with Gasteiger partial charge in [0, 0.05) is 17.3 Å². The molecule has 0 saturated heterocycles. The average molecular weight is 256 g/mol. The summed E-state index contributed by atoms with van der Waals surface area (Å²) in [6.07, 6.45) is 1.16. The van der Waals surface area contributed by atoms with Gasteiger partial charge in [-0.25, -0.2) is 0 Å². The van der Waals surface area contributed by atoms with Gasteiger partial charge in [-0.2, -0.15) is 0 Å². The lowest BCUT2D eigenvalue weighted by atomic mass is 10.2. The van der Waals surface area contributed by atoms with Gasteiger partial charge in [0.05, 0.1) is 0 Å². The van der Waals surface area contributed by atoms with Crippen molar-refractivity contribution in [2.45, 2.75) is 13.0 Å². The normalized spacial score (nSPS) is 11.4. The molecule has 3 nitrogen and oxygen atoms in total. The van der Waals surface area contributed by atoms with Crippen LogP contribution in [-0.4, -0.2) is 44.0 Å². The Morgan fingerprint density at radius 1 is 1.18 bits per heavy atom. The standard InChI is InChI=1S/C13H22ClN3/c1-16(2)7-4-8-17(3)10-11-5-6-12(15)9-13(11)14/h5-6,9H,4,7-8,10,15H2,1-3H3. The zero-order valence-corrected chi connectivity index (χ0v) is 11.7. The summed E-state index contributed by atoms with van der Waals surface area (Å²) < 4.78 is 0. The molecule has 0 aliphatic rings. The Bertz CT molecular complexity index is 353. The van der Waals surface area contributed by atoms with Crippen LogP contribution in [0.2, 0.25) is 5.02 Å². The minimum absolute atomic E-state index is 0.717. The highest BCUT2D eigenvalue weighted by atomic mass is 35.5. The van der Waals surface area contributed by atoms with Gasteiger partial charge in [-0.05, 0) is 58.3 Å². The monoisotopic (exact) mass is 255 g/mol. The van der Waals surface area contributed by atoms with Gasteiger partial charge >= 0.3 is 0 Å². The minimum atomic E-state index is 0.717. The summed E-state index contributed by atoms with van der Waals surface area (Å²) in [5.41, 5.74) is 7.52. The molecule has 1 aromatic rings. The van der Waals surface area contributed by atoms with E-state index >= 15 is 0 Å². The van der Waals surface area contributed by atoms with Crippen LogP contribution >= 0.6 is 11.6 Å². The third-order valence-electron chi connectivity index (χ3n) is 2.66. The second-order valence-corrected chi connectivity index (χ2v) is 5.15. The molecular formula is C13H22ClN3. The Morgan fingerprint density at radius 2 is 1.88 bits per heavy atom. The number of anilines is 1. The zero-order valence-electron chi connectivity index (χ0n) is 10.9. The fourth-order valence-corrected chi connectivity index (χ4v) is 1.97. The number of rotatable bonds is 6. The van der Waals surface area contributed by atoms with Crippen LogP contribution < -0.4 is 5.73 Å². The van der Waals surface area contributed by atoms with Crippen molar-refractivity contribution < 1.29 is 0 Å². The van der Waals surface area contributed by atoms with Gasteiger partial charge in [0.1, 0.15) is 0 Å². The minimum Gasteiger partial charge on any atom is -0.399 e. The van der Waals surface area contributed by atoms with Crippen molar-refractivity contribution in [2.24, 2.45) is 0 Å². The first-order valence-corrected chi connectivity index (χ1v) is 6.24. The van der Waals surface area contributed by atoms with Gasteiger partial charge in [-0.1, -0.05) is 17.7 Å². The predicted octanol–water partition coefficient (Wildman–Crippen LogP) is 2.31. The molecule has 0 aliphatic heterocycles. The first kappa shape index (κ1) is 14.3. The lowest BCUT2D eigenvalue weighted by Gasteiger charge is -2.19. The number of hydrogen-bond donors (Lipinski definition) is 1. The molecule has 1 aromatic carbocycles. The molecule has 0 aliphatic carbocycles. The Labute approximate surface area is 109 Å². The lowest BCUT2D eigenvalue weighted by Crippen LogP contribution is -2.23. The highest BCUT2D eigenvalue weighted by molar-refractivity contribution is 6.31. The van der Waals surface area contributed by atoms with E-state index in [1.54, 1.807) is 0 Å². The Balaban J connectivity index is 2.42. The van der Waals surface area contributed by atoms with Crippen molar-refractivity contribution in [2.75, 3.05) is 40.0 Å². The number of nitrogens with two attached hydrogens (primary N) is 1. The first-order chi connectivity index (χ1) is 7.99. The highest BCUT2D eigenvalue weighted by Gasteiger charge is 2.05. The molecule has 0 amide bonds. The third-order valence-corrected chi connectivity index (χ3v) is 3.01. The number of nitrogens with zero attached hydrogens (tertiary/aromatic N) is 2. The van der Waals surface area contributed by atoms with E-state index in [4.69, 9.17) is 17.3 Å². The molecule has 0 bridgehead atoms. The van der Waals surface area contributed by atoms with E-state index in [-0.39, 0.29) is 0 Å². The summed E-state index contributed by atoms with van der Waals surface area (Å²) in [5.74, 6) is 0. The summed E-state index contributed by atoms with van der Waals surface area (Å²) in [6.45, 7) is 3.05. The molecule has 17 heavy (non-hydrogen) atoms. The van der Waals surface area contributed by atoms with Crippen LogP contribution in [0.3, 0.4) is 0 Å². The molecule has 0 heterocycles. The fraction of sp³-hybridized carbons (Fsp3) is 0.538. The van der Waals surface area contributed by atoms with Crippen molar-refractivity contribution in [3.05, 3.63) is 28.8 Å². The molecule has 0 radical (unpaired) electrons. The van der Waals surface area contributed by atoms with Crippen LogP contribution in [0, 0.1) is 0 Å². The summed E-state index contributed by atoms with van der Waals surface area (Å²) >= 11 is 6.14. The van der Waals surface area contributed by atoms with Gasteiger partial charge in [-0.15, -0.1) is 0 Å². The smallest absolute Gasteiger partial charge is 0.0471 e. The summed E-state index contributed by atoms with van der Waals surface area (Å²) in [7, 11) is 6.30. The van der Waals surface area contributed by atoms with Crippen LogP contribution in [0.1, 0.15) is 12.0 Å². The number of halogens is 1. The van der Waals surface area contributed by atoms with Crippen molar-refractivity contribution in [3.63, 3.8) is 0 Å². The van der Waals surface area contributed by atoms with Gasteiger partial charge in [0.2, 0.25) is 0 Å². The summed E-state index contributed by atoms with van der Waals surface area (Å²) in [4.78, 5) is 4.48. The van der Waals surface area contributed by atoms with E-state index in [0.717, 1.165) is 36.6 Å². The molecule has 0 saturated carbocycles. The Kier molecular flexibility index (Phi) is 5.75. The van der Waals surface area contributed by atoms with Gasteiger partial charge in [0.15, 0.2) is 0 Å². The molecule has 0 spiro atoms. The second-order valence-electron chi connectivity index (χ2n) is 4.75. The largest absolute Gasteiger partial charge is 0.399 e. The lowest BCUT2D eigenvalue weighted by molar-refractivity contribution is 0.294. The maximum Gasteiger partial charge on any atom is 0.0471 e. The van der Waals surface area contributed by atoms with Crippen molar-refractivity contribution in [1.29, 1.82) is 0 Å². The topological polar surface area (TPSA) is 32.5 Å². The molecule has 96 valence electrons. The third kappa shape index (κ3) is 5.39. The number of benzene rings is 1. The van der Waals surface area contributed by atoms with Crippen LogP contribution in [0.4, 0.5) is 5.69 Å². The predicted molar refractivity (Wildman–Crippen MR) is 75.4 cm³/mol. The molecule has 0 atom stereocenters. The quantitative estimate of drug-likeness (QED) is 0.792. The van der Waals surface area contributed by atoms with Crippen LogP contribution in [0.15, 0.2) is 18.2 Å². The molecule has 0 unspecified atom stereocenters. The van der Waals surface area contributed by atoms with Crippen LogP contribution in [0.25, 0.3) is 0 Å². The maximum atomic E-state index is 6.14. The molecule has 0 aromatic heterocycles. The summed E-state index contributed by atoms with van der Waals surface area (Å²) in [5, 5.41) is 0.754. The Morgan fingerprint density at radius 3 is 2.47 bits per heavy atom. The van der Waals surface area contributed by atoms with E-state index in [2.05, 4.69) is 30.9 Å². The number of hydrogen-bond acceptors (Lipinski definition) is 3. The fourth-order valence-electron chi connectivity index (χ4n) is 1.72. The second kappa shape index (κ2) is 6.84. The maximum absolute atomic E-state index is 6.14. The van der Waals surface area contributed by atoms with Crippen LogP contribution in [-0.2, 0) is 6.54 Å². The van der Waals surface area contributed by atoms with E-state index in [9.17, 15) is 0 Å². The Hall–Kier alpha value is -0.770. The van der Waals surface area contributed by atoms with Crippen molar-refractivity contribution in [1.82, 2.24) is 9.80 Å².